The summed E-state index contributed by atoms with van der Waals surface area (Å²) in [5.41, 5.74) is 2.72. The van der Waals surface area contributed by atoms with Crippen molar-refractivity contribution in [2.45, 2.75) is 27.7 Å². The minimum Gasteiger partial charge on any atom is -0.104 e. The molecule has 0 unspecified atom stereocenters. The van der Waals surface area contributed by atoms with E-state index in [2.05, 4.69) is 33.4 Å². The summed E-state index contributed by atoms with van der Waals surface area (Å²) < 4.78 is 0. The Morgan fingerprint density at radius 3 is 1.75 bits per heavy atom. The Morgan fingerprint density at radius 2 is 1.75 bits per heavy atom. The molecule has 0 N–H and O–H groups in total. The third-order valence-corrected chi connectivity index (χ3v) is 3.07. The third-order valence-electron chi connectivity index (χ3n) is 2.01. The summed E-state index contributed by atoms with van der Waals surface area (Å²) in [6.45, 7) is 9.05. The van der Waals surface area contributed by atoms with Crippen LogP contribution in [0.1, 0.15) is 27.7 Å². The van der Waals surface area contributed by atoms with Crippen LogP contribution in [0.5, 0.6) is 0 Å². The van der Waals surface area contributed by atoms with Crippen molar-refractivity contribution in [2.24, 2.45) is 11.3 Å². The molecule has 8 heavy (non-hydrogen) atoms. The molecule has 1 heteroatoms. The molecule has 0 atom stereocenters. The highest BCUT2D eigenvalue weighted by Crippen LogP contribution is 2.21. The second-order valence-corrected chi connectivity index (χ2v) is 3.59. The molecule has 0 aliphatic rings. The lowest BCUT2D eigenvalue weighted by atomic mass is 9.83. The van der Waals surface area contributed by atoms with Crippen molar-refractivity contribution in [3.63, 3.8) is 0 Å². The fourth-order valence-corrected chi connectivity index (χ4v) is 0.707. The Hall–Kier alpha value is 0.0869. The summed E-state index contributed by atoms with van der Waals surface area (Å²) in [5, 5.41) is 0. The van der Waals surface area contributed by atoms with E-state index < -0.39 is 0 Å². The Balaban J connectivity index is 3.90. The van der Waals surface area contributed by atoms with E-state index in [1.165, 1.54) is 0 Å². The lowest BCUT2D eigenvalue weighted by molar-refractivity contribution is 0.377. The molecule has 48 valence electrons. The van der Waals surface area contributed by atoms with E-state index >= 15 is 0 Å². The molecule has 0 rings (SSSR count). The highest BCUT2D eigenvalue weighted by Gasteiger charge is 2.16. The van der Waals surface area contributed by atoms with Gasteiger partial charge in [-0.2, -0.15) is 0 Å². The van der Waals surface area contributed by atoms with Crippen molar-refractivity contribution >= 4 is 15.5 Å². The van der Waals surface area contributed by atoms with Gasteiger partial charge in [0.15, 0.2) is 0 Å². The molecule has 0 aromatic rings. The lowest BCUT2D eigenvalue weighted by Crippen LogP contribution is -2.20. The van der Waals surface area contributed by atoms with Gasteiger partial charge in [-0.15, -0.1) is 5.67 Å². The van der Waals surface area contributed by atoms with Crippen LogP contribution in [0.3, 0.4) is 0 Å². The minimum absolute atomic E-state index is 0.429. The molecule has 0 spiro atoms. The van der Waals surface area contributed by atoms with Gasteiger partial charge in [0.25, 0.3) is 0 Å². The molecule has 0 aliphatic carbocycles. The smallest absolute Gasteiger partial charge is 0.0196 e. The molecule has 0 aromatic carbocycles. The first kappa shape index (κ1) is 8.09. The molecule has 0 bridgehead atoms. The van der Waals surface area contributed by atoms with E-state index in [1.54, 1.807) is 0 Å². The van der Waals surface area contributed by atoms with Gasteiger partial charge in [0.1, 0.15) is 0 Å². The fourth-order valence-electron chi connectivity index (χ4n) is 0.236. The Morgan fingerprint density at radius 1 is 1.38 bits per heavy atom. The highest BCUT2D eigenvalue weighted by molar-refractivity contribution is 6.28. The van der Waals surface area contributed by atoms with Crippen LogP contribution in [-0.2, 0) is 0 Å². The SMILES string of the molecule is CC(C)C(C)(C)C=[SiH2]. The van der Waals surface area contributed by atoms with E-state index in [0.29, 0.717) is 5.41 Å². The summed E-state index contributed by atoms with van der Waals surface area (Å²) >= 11 is 0. The Kier molecular flexibility index (Phi) is 2.61. The van der Waals surface area contributed by atoms with Gasteiger partial charge in [-0.25, -0.2) is 0 Å². The number of rotatable bonds is 2. The maximum Gasteiger partial charge on any atom is -0.0196 e. The molecule has 0 heterocycles. The predicted molar refractivity (Wildman–Crippen MR) is 43.2 cm³/mol. The van der Waals surface area contributed by atoms with Crippen LogP contribution in [0.15, 0.2) is 0 Å². The van der Waals surface area contributed by atoms with Crippen LogP contribution < -0.4 is 0 Å². The van der Waals surface area contributed by atoms with Crippen molar-refractivity contribution in [3.05, 3.63) is 0 Å². The number of hydrogen-bond acceptors (Lipinski definition) is 0. The van der Waals surface area contributed by atoms with Crippen molar-refractivity contribution in [1.82, 2.24) is 0 Å². The second kappa shape index (κ2) is 2.58. The summed E-state index contributed by atoms with van der Waals surface area (Å²) in [6, 6.07) is 0. The van der Waals surface area contributed by atoms with E-state index in [0.717, 1.165) is 5.92 Å². The quantitative estimate of drug-likeness (QED) is 0.489. The molecule has 0 aromatic heterocycles. The van der Waals surface area contributed by atoms with Crippen molar-refractivity contribution < 1.29 is 0 Å². The maximum absolute atomic E-state index is 2.29. The second-order valence-electron chi connectivity index (χ2n) is 3.18. The largest absolute Gasteiger partial charge is 0.104 e. The van der Waals surface area contributed by atoms with Crippen LogP contribution >= 0.6 is 0 Å². The van der Waals surface area contributed by atoms with Gasteiger partial charge >= 0.3 is 0 Å². The highest BCUT2D eigenvalue weighted by atomic mass is 28.1. The van der Waals surface area contributed by atoms with E-state index in [9.17, 15) is 0 Å². The minimum atomic E-state index is 0.429. The molecular formula is C7H16Si. The van der Waals surface area contributed by atoms with Crippen LogP contribution in [0, 0.1) is 11.3 Å². The van der Waals surface area contributed by atoms with Crippen LogP contribution in [0.4, 0.5) is 0 Å². The van der Waals surface area contributed by atoms with E-state index in [-0.39, 0.29) is 0 Å². The third kappa shape index (κ3) is 1.91. The van der Waals surface area contributed by atoms with Crippen LogP contribution in [0.2, 0.25) is 0 Å². The van der Waals surface area contributed by atoms with E-state index in [1.807, 2.05) is 9.85 Å². The zero-order valence-electron chi connectivity index (χ0n) is 6.36. The summed E-state index contributed by atoms with van der Waals surface area (Å²) in [6.07, 6.45) is 0. The zero-order chi connectivity index (χ0) is 6.78. The normalized spacial score (nSPS) is 12.1. The summed E-state index contributed by atoms with van der Waals surface area (Å²) in [5.74, 6) is 0.764. The Bertz CT molecular complexity index is 82.4. The van der Waals surface area contributed by atoms with Gasteiger partial charge in [-0.05, 0) is 21.2 Å². The van der Waals surface area contributed by atoms with Crippen LogP contribution in [-0.4, -0.2) is 15.5 Å². The molecule has 0 fully saturated rings. The molecule has 0 saturated carbocycles. The summed E-state index contributed by atoms with van der Waals surface area (Å²) in [4.78, 5) is 0. The molecule has 0 radical (unpaired) electrons. The monoisotopic (exact) mass is 128 g/mol. The van der Waals surface area contributed by atoms with Crippen molar-refractivity contribution in [2.75, 3.05) is 0 Å². The first-order valence-electron chi connectivity index (χ1n) is 3.14. The topological polar surface area (TPSA) is 0 Å². The fraction of sp³-hybridized carbons (Fsp3) is 0.857. The number of hydrogen-bond donors (Lipinski definition) is 0. The van der Waals surface area contributed by atoms with Gasteiger partial charge < -0.3 is 0 Å². The average molecular weight is 128 g/mol. The van der Waals surface area contributed by atoms with E-state index in [4.69, 9.17) is 0 Å². The molecular weight excluding hydrogens is 112 g/mol. The zero-order valence-corrected chi connectivity index (χ0v) is 7.78. The standard InChI is InChI=1S/C7H16Si/c1-6(2)7(3,4)5-8/h5-6H,8H2,1-4H3. The maximum atomic E-state index is 2.29. The van der Waals surface area contributed by atoms with Gasteiger partial charge in [-0.3, -0.25) is 0 Å². The molecule has 0 amide bonds. The van der Waals surface area contributed by atoms with Crippen LogP contribution in [0.25, 0.3) is 0 Å². The van der Waals surface area contributed by atoms with Crippen molar-refractivity contribution in [3.8, 4) is 0 Å². The van der Waals surface area contributed by atoms with Crippen molar-refractivity contribution in [1.29, 1.82) is 0 Å². The van der Waals surface area contributed by atoms with Gasteiger partial charge in [0.2, 0.25) is 0 Å². The first-order chi connectivity index (χ1) is 3.50. The molecule has 0 nitrogen and oxygen atoms in total. The van der Waals surface area contributed by atoms with Gasteiger partial charge in [-0.1, -0.05) is 27.7 Å². The first-order valence-corrected chi connectivity index (χ1v) is 3.96. The summed E-state index contributed by atoms with van der Waals surface area (Å²) in [7, 11) is 1.94. The average Bonchev–Trinajstić information content (AvgIpc) is 1.67. The van der Waals surface area contributed by atoms with Gasteiger partial charge in [0, 0.05) is 0 Å². The predicted octanol–water partition coefficient (Wildman–Crippen LogP) is 1.10. The lowest BCUT2D eigenvalue weighted by Gasteiger charge is -2.24. The van der Waals surface area contributed by atoms with Gasteiger partial charge in [0.05, 0.1) is 0 Å². The molecule has 0 aliphatic heterocycles. The Labute approximate surface area is 55.3 Å². The molecule has 0 saturated heterocycles.